The van der Waals surface area contributed by atoms with Gasteiger partial charge < -0.3 is 20.4 Å². The van der Waals surface area contributed by atoms with Gasteiger partial charge in [-0.05, 0) is 49.8 Å². The molecule has 2 unspecified atom stereocenters. The molecule has 1 aliphatic carbocycles. The summed E-state index contributed by atoms with van der Waals surface area (Å²) in [4.78, 5) is 20.8. The second kappa shape index (κ2) is 10.2. The highest BCUT2D eigenvalue weighted by Crippen LogP contribution is 2.40. The average Bonchev–Trinajstić information content (AvgIpc) is 2.64. The van der Waals surface area contributed by atoms with Gasteiger partial charge in [0.05, 0.1) is 11.7 Å². The average molecular weight is 383 g/mol. The van der Waals surface area contributed by atoms with Crippen LogP contribution in [0.3, 0.4) is 0 Å². The van der Waals surface area contributed by atoms with E-state index in [2.05, 4.69) is 5.32 Å². The van der Waals surface area contributed by atoms with Crippen molar-refractivity contribution in [2.24, 2.45) is 5.92 Å². The first-order valence-electron chi connectivity index (χ1n) is 9.36. The van der Waals surface area contributed by atoms with Gasteiger partial charge in [0.25, 0.3) is 0 Å². The van der Waals surface area contributed by atoms with E-state index in [-0.39, 0.29) is 23.2 Å². The number of carboxylic acid groups (broad SMARTS) is 1. The molecule has 0 aromatic heterocycles. The number of nitrogens with one attached hydrogen (secondary N) is 1. The summed E-state index contributed by atoms with van der Waals surface area (Å²) in [7, 11) is -2.67. The van der Waals surface area contributed by atoms with Gasteiger partial charge in [-0.25, -0.2) is 4.79 Å². The zero-order valence-electron chi connectivity index (χ0n) is 15.2. The van der Waals surface area contributed by atoms with Crippen molar-refractivity contribution in [1.82, 2.24) is 5.32 Å². The van der Waals surface area contributed by atoms with Crippen molar-refractivity contribution in [3.05, 3.63) is 35.4 Å². The van der Waals surface area contributed by atoms with Crippen LogP contribution in [0.15, 0.2) is 24.3 Å². The Labute approximate surface area is 155 Å². The van der Waals surface area contributed by atoms with Gasteiger partial charge >= 0.3 is 5.97 Å². The molecular formula is C19H30NO5P. The predicted molar refractivity (Wildman–Crippen MR) is 102 cm³/mol. The lowest BCUT2D eigenvalue weighted by Gasteiger charge is -2.30. The van der Waals surface area contributed by atoms with Gasteiger partial charge in [0.2, 0.25) is 0 Å². The fraction of sp³-hybridized carbons (Fsp3) is 0.632. The Balaban J connectivity index is 1.88. The highest BCUT2D eigenvalue weighted by molar-refractivity contribution is 7.38. The van der Waals surface area contributed by atoms with Gasteiger partial charge in [-0.2, -0.15) is 0 Å². The quantitative estimate of drug-likeness (QED) is 0.488. The molecule has 0 bridgehead atoms. The standard InChI is InChI=1S/C19H30NO5P/c1-13(15-8-5-9-16(10-15)19(22)23)20-12-17(21)11-18(26(24)25)14-6-3-2-4-7-14/h5,8-10,13-14,17-18,20-21,26H,2-4,6-7,11-12H2,1H3,(H,22,23)(H,24,25)/t13-,17+,18?/m1/s1. The van der Waals surface area contributed by atoms with Crippen LogP contribution in [0, 0.1) is 5.92 Å². The van der Waals surface area contributed by atoms with Crippen LogP contribution in [0.4, 0.5) is 0 Å². The van der Waals surface area contributed by atoms with Crippen LogP contribution in [-0.2, 0) is 4.57 Å². The normalized spacial score (nSPS) is 20.3. The van der Waals surface area contributed by atoms with Crippen LogP contribution >= 0.6 is 8.03 Å². The van der Waals surface area contributed by atoms with Crippen LogP contribution in [0.25, 0.3) is 0 Å². The maximum Gasteiger partial charge on any atom is 0.335 e. The molecule has 0 heterocycles. The fourth-order valence-corrected chi connectivity index (χ4v) is 4.99. The number of aliphatic hydroxyl groups excluding tert-OH is 1. The lowest BCUT2D eigenvalue weighted by Crippen LogP contribution is -2.33. The van der Waals surface area contributed by atoms with E-state index >= 15 is 0 Å². The summed E-state index contributed by atoms with van der Waals surface area (Å²) >= 11 is 0. The molecule has 0 aliphatic heterocycles. The summed E-state index contributed by atoms with van der Waals surface area (Å²) in [5.41, 5.74) is 0.743. The highest BCUT2D eigenvalue weighted by Gasteiger charge is 2.29. The Morgan fingerprint density at radius 1 is 1.31 bits per heavy atom. The van der Waals surface area contributed by atoms with Crippen LogP contribution in [0.5, 0.6) is 0 Å². The first-order valence-corrected chi connectivity index (χ1v) is 10.8. The Morgan fingerprint density at radius 3 is 2.62 bits per heavy atom. The molecule has 7 heteroatoms. The molecule has 4 atom stereocenters. The van der Waals surface area contributed by atoms with Crippen LogP contribution in [0.1, 0.15) is 67.4 Å². The van der Waals surface area contributed by atoms with Crippen molar-refractivity contribution in [2.75, 3.05) is 6.54 Å². The summed E-state index contributed by atoms with van der Waals surface area (Å²) in [6, 6.07) is 6.58. The zero-order valence-corrected chi connectivity index (χ0v) is 16.2. The Kier molecular flexibility index (Phi) is 8.29. The van der Waals surface area contributed by atoms with Gasteiger partial charge in [-0.3, -0.25) is 4.57 Å². The molecule has 6 nitrogen and oxygen atoms in total. The van der Waals surface area contributed by atoms with Crippen LogP contribution in [-0.4, -0.2) is 39.4 Å². The minimum atomic E-state index is -2.67. The second-order valence-electron chi connectivity index (χ2n) is 7.29. The van der Waals surface area contributed by atoms with E-state index in [9.17, 15) is 19.4 Å². The van der Waals surface area contributed by atoms with E-state index in [0.717, 1.165) is 31.2 Å². The number of carbonyl (C=O) groups is 1. The Hall–Kier alpha value is -1.20. The minimum absolute atomic E-state index is 0.122. The van der Waals surface area contributed by atoms with Gasteiger partial charge in [0.15, 0.2) is 8.03 Å². The van der Waals surface area contributed by atoms with Crippen molar-refractivity contribution in [3.63, 3.8) is 0 Å². The molecule has 26 heavy (non-hydrogen) atoms. The maximum absolute atomic E-state index is 11.8. The summed E-state index contributed by atoms with van der Waals surface area (Å²) in [5.74, 6) is -0.734. The monoisotopic (exact) mass is 383 g/mol. The number of benzene rings is 1. The molecule has 1 saturated carbocycles. The van der Waals surface area contributed by atoms with Crippen LogP contribution in [0.2, 0.25) is 0 Å². The third-order valence-corrected chi connectivity index (χ3v) is 6.70. The smallest absolute Gasteiger partial charge is 0.335 e. The van der Waals surface area contributed by atoms with Gasteiger partial charge in [0.1, 0.15) is 0 Å². The van der Waals surface area contributed by atoms with E-state index in [0.29, 0.717) is 13.0 Å². The molecule has 0 radical (unpaired) electrons. The predicted octanol–water partition coefficient (Wildman–Crippen LogP) is 3.20. The molecule has 4 N–H and O–H groups in total. The number of aromatic carboxylic acids is 1. The van der Waals surface area contributed by atoms with Gasteiger partial charge in [0, 0.05) is 18.2 Å². The Morgan fingerprint density at radius 2 is 2.00 bits per heavy atom. The largest absolute Gasteiger partial charge is 0.478 e. The molecule has 1 fully saturated rings. The SMILES string of the molecule is C[C@@H](NC[C@@H](O)CC(C1CCCCC1)[PH](=O)O)c1cccc(C(=O)O)c1. The van der Waals surface area contributed by atoms with E-state index < -0.39 is 20.1 Å². The third kappa shape index (κ3) is 6.20. The van der Waals surface area contributed by atoms with Gasteiger partial charge in [-0.1, -0.05) is 31.4 Å². The number of hydrogen-bond acceptors (Lipinski definition) is 4. The van der Waals surface area contributed by atoms with Crippen molar-refractivity contribution >= 4 is 14.0 Å². The minimum Gasteiger partial charge on any atom is -0.478 e. The number of rotatable bonds is 9. The van der Waals surface area contributed by atoms with Crippen LogP contribution < -0.4 is 5.32 Å². The molecule has 1 aliphatic rings. The van der Waals surface area contributed by atoms with Crippen molar-refractivity contribution in [3.8, 4) is 0 Å². The van der Waals surface area contributed by atoms with Gasteiger partial charge in [-0.15, -0.1) is 0 Å². The Bertz CT molecular complexity index is 618. The van der Waals surface area contributed by atoms with E-state index in [1.54, 1.807) is 18.2 Å². The summed E-state index contributed by atoms with van der Waals surface area (Å²) in [6.07, 6.45) is 4.96. The molecule has 146 valence electrons. The first kappa shape index (κ1) is 21.1. The number of aliphatic hydroxyl groups is 1. The topological polar surface area (TPSA) is 107 Å². The summed E-state index contributed by atoms with van der Waals surface area (Å²) in [5, 5.41) is 22.6. The molecule has 0 amide bonds. The number of hydrogen-bond donors (Lipinski definition) is 4. The molecule has 0 spiro atoms. The lowest BCUT2D eigenvalue weighted by atomic mass is 9.85. The summed E-state index contributed by atoms with van der Waals surface area (Å²) < 4.78 is 11.8. The second-order valence-corrected chi connectivity index (χ2v) is 8.71. The van der Waals surface area contributed by atoms with Crippen molar-refractivity contribution < 1.29 is 24.5 Å². The fourth-order valence-electron chi connectivity index (χ4n) is 3.78. The van der Waals surface area contributed by atoms with Crippen molar-refractivity contribution in [1.29, 1.82) is 0 Å². The van der Waals surface area contributed by atoms with E-state index in [1.165, 1.54) is 6.42 Å². The maximum atomic E-state index is 11.8. The number of carboxylic acids is 1. The molecular weight excluding hydrogens is 353 g/mol. The van der Waals surface area contributed by atoms with E-state index in [4.69, 9.17) is 5.11 Å². The van der Waals surface area contributed by atoms with Crippen molar-refractivity contribution in [2.45, 2.75) is 63.3 Å². The van der Waals surface area contributed by atoms with E-state index in [1.807, 2.05) is 13.0 Å². The zero-order chi connectivity index (χ0) is 19.1. The molecule has 1 aromatic carbocycles. The third-order valence-electron chi connectivity index (χ3n) is 5.36. The molecule has 0 saturated heterocycles. The summed E-state index contributed by atoms with van der Waals surface area (Å²) in [6.45, 7) is 2.21. The first-order chi connectivity index (χ1) is 12.4. The molecule has 2 rings (SSSR count). The lowest BCUT2D eigenvalue weighted by molar-refractivity contribution is 0.0696. The highest BCUT2D eigenvalue weighted by atomic mass is 31.1. The molecule has 1 aromatic rings.